The van der Waals surface area contributed by atoms with Crippen molar-refractivity contribution >= 4 is 11.8 Å². The number of nitrogens with one attached hydrogen (secondary N) is 2. The van der Waals surface area contributed by atoms with Gasteiger partial charge in [0.1, 0.15) is 6.04 Å². The predicted molar refractivity (Wildman–Crippen MR) is 57.7 cm³/mol. The van der Waals surface area contributed by atoms with Gasteiger partial charge in [0, 0.05) is 33.1 Å². The molecule has 0 aromatic rings. The molecule has 0 radical (unpaired) electrons. The van der Waals surface area contributed by atoms with E-state index in [9.17, 15) is 22.8 Å². The lowest BCUT2D eigenvalue weighted by Crippen LogP contribution is -2.59. The van der Waals surface area contributed by atoms with Gasteiger partial charge in [-0.2, -0.15) is 13.2 Å². The van der Waals surface area contributed by atoms with Crippen molar-refractivity contribution in [2.75, 3.05) is 26.7 Å². The first-order chi connectivity index (χ1) is 8.35. The van der Waals surface area contributed by atoms with E-state index in [2.05, 4.69) is 10.6 Å². The van der Waals surface area contributed by atoms with Crippen LogP contribution in [0.4, 0.5) is 13.2 Å². The summed E-state index contributed by atoms with van der Waals surface area (Å²) in [5.74, 6) is -1.01. The lowest BCUT2D eigenvalue weighted by molar-refractivity contribution is -0.152. The van der Waals surface area contributed by atoms with Crippen molar-refractivity contribution in [1.29, 1.82) is 0 Å². The van der Waals surface area contributed by atoms with Gasteiger partial charge in [-0.25, -0.2) is 0 Å². The summed E-state index contributed by atoms with van der Waals surface area (Å²) in [4.78, 5) is 24.4. The van der Waals surface area contributed by atoms with Crippen molar-refractivity contribution in [3.05, 3.63) is 0 Å². The summed E-state index contributed by atoms with van der Waals surface area (Å²) in [6.07, 6.45) is -6.13. The Bertz CT molecular complexity index is 320. The highest BCUT2D eigenvalue weighted by atomic mass is 19.4. The number of amides is 2. The minimum absolute atomic E-state index is 0.245. The van der Waals surface area contributed by atoms with Gasteiger partial charge in [-0.05, 0) is 0 Å². The van der Waals surface area contributed by atoms with Crippen molar-refractivity contribution in [3.8, 4) is 0 Å². The fraction of sp³-hybridized carbons (Fsp3) is 0.800. The maximum absolute atomic E-state index is 12.0. The maximum atomic E-state index is 12.0. The topological polar surface area (TPSA) is 61.4 Å². The highest BCUT2D eigenvalue weighted by Gasteiger charge is 2.34. The fourth-order valence-corrected chi connectivity index (χ4v) is 1.80. The van der Waals surface area contributed by atoms with Crippen LogP contribution in [0.15, 0.2) is 0 Å². The third kappa shape index (κ3) is 4.17. The zero-order chi connectivity index (χ0) is 13.8. The number of rotatable bonds is 3. The molecule has 1 aliphatic rings. The number of hydrogen-bond donors (Lipinski definition) is 2. The fourth-order valence-electron chi connectivity index (χ4n) is 1.80. The summed E-state index contributed by atoms with van der Waals surface area (Å²) in [6.45, 7) is 0.984. The summed E-state index contributed by atoms with van der Waals surface area (Å²) < 4.78 is 36.1. The van der Waals surface area contributed by atoms with E-state index in [1.807, 2.05) is 0 Å². The van der Waals surface area contributed by atoms with E-state index in [1.54, 1.807) is 0 Å². The van der Waals surface area contributed by atoms with Crippen molar-refractivity contribution in [2.45, 2.75) is 25.1 Å². The molecule has 1 saturated heterocycles. The van der Waals surface area contributed by atoms with Crippen molar-refractivity contribution in [1.82, 2.24) is 15.5 Å². The van der Waals surface area contributed by atoms with Crippen LogP contribution in [0.25, 0.3) is 0 Å². The van der Waals surface area contributed by atoms with Gasteiger partial charge in [0.2, 0.25) is 11.8 Å². The van der Waals surface area contributed by atoms with Crippen molar-refractivity contribution in [3.63, 3.8) is 0 Å². The molecule has 1 rings (SSSR count). The first-order valence-electron chi connectivity index (χ1n) is 5.63. The van der Waals surface area contributed by atoms with Crippen LogP contribution >= 0.6 is 0 Å². The number of carbonyl (C=O) groups is 2. The zero-order valence-corrected chi connectivity index (χ0v) is 10.0. The second kappa shape index (κ2) is 6.03. The van der Waals surface area contributed by atoms with Crippen LogP contribution in [0.5, 0.6) is 0 Å². The molecule has 0 saturated carbocycles. The van der Waals surface area contributed by atoms with Crippen LogP contribution in [0.3, 0.4) is 0 Å². The Hall–Kier alpha value is -1.31. The second-order valence-corrected chi connectivity index (χ2v) is 4.04. The Labute approximate surface area is 103 Å². The Morgan fingerprint density at radius 3 is 2.67 bits per heavy atom. The average molecular weight is 267 g/mol. The monoisotopic (exact) mass is 267 g/mol. The van der Waals surface area contributed by atoms with Gasteiger partial charge in [0.05, 0.1) is 6.42 Å². The van der Waals surface area contributed by atoms with Gasteiger partial charge < -0.3 is 15.5 Å². The van der Waals surface area contributed by atoms with E-state index in [0.29, 0.717) is 6.54 Å². The second-order valence-electron chi connectivity index (χ2n) is 4.04. The third-order valence-corrected chi connectivity index (χ3v) is 2.74. The standard InChI is InChI=1S/C10H16F3N3O2/c1-14-9(18)7-6-15-4-5-16(7)8(17)2-3-10(11,12)13/h7,15H,2-6H2,1H3,(H,14,18). The summed E-state index contributed by atoms with van der Waals surface area (Å²) in [5.41, 5.74) is 0. The number of nitrogens with zero attached hydrogens (tertiary/aromatic N) is 1. The van der Waals surface area contributed by atoms with Crippen molar-refractivity contribution in [2.24, 2.45) is 0 Å². The SMILES string of the molecule is CNC(=O)C1CNCCN1C(=O)CCC(F)(F)F. The van der Waals surface area contributed by atoms with Crippen LogP contribution < -0.4 is 10.6 Å². The normalized spacial score (nSPS) is 20.7. The molecular weight excluding hydrogens is 251 g/mol. The number of halogens is 3. The smallest absolute Gasteiger partial charge is 0.357 e. The van der Waals surface area contributed by atoms with E-state index >= 15 is 0 Å². The maximum Gasteiger partial charge on any atom is 0.389 e. The minimum atomic E-state index is -4.35. The summed E-state index contributed by atoms with van der Waals surface area (Å²) in [5, 5.41) is 5.33. The van der Waals surface area contributed by atoms with Gasteiger partial charge >= 0.3 is 6.18 Å². The van der Waals surface area contributed by atoms with Crippen LogP contribution in [0.2, 0.25) is 0 Å². The number of piperazine rings is 1. The predicted octanol–water partition coefficient (Wildman–Crippen LogP) is -0.125. The van der Waals surface area contributed by atoms with Gasteiger partial charge in [-0.1, -0.05) is 0 Å². The highest BCUT2D eigenvalue weighted by molar-refractivity contribution is 5.88. The first kappa shape index (κ1) is 14.7. The summed E-state index contributed by atoms with van der Waals surface area (Å²) >= 11 is 0. The molecule has 2 N–H and O–H groups in total. The molecule has 0 aromatic heterocycles. The summed E-state index contributed by atoms with van der Waals surface area (Å²) in [6, 6.07) is -0.732. The Morgan fingerprint density at radius 2 is 2.11 bits per heavy atom. The molecule has 1 atom stereocenters. The van der Waals surface area contributed by atoms with Crippen LogP contribution in [-0.4, -0.2) is 55.6 Å². The first-order valence-corrected chi connectivity index (χ1v) is 5.63. The molecule has 1 fully saturated rings. The molecule has 104 valence electrons. The molecule has 2 amide bonds. The number of carbonyl (C=O) groups excluding carboxylic acids is 2. The summed E-state index contributed by atoms with van der Waals surface area (Å²) in [7, 11) is 1.43. The van der Waals surface area contributed by atoms with E-state index in [4.69, 9.17) is 0 Å². The minimum Gasteiger partial charge on any atom is -0.357 e. The van der Waals surface area contributed by atoms with E-state index in [-0.39, 0.29) is 19.0 Å². The number of alkyl halides is 3. The van der Waals surface area contributed by atoms with Crippen molar-refractivity contribution < 1.29 is 22.8 Å². The van der Waals surface area contributed by atoms with Gasteiger partial charge in [0.15, 0.2) is 0 Å². The highest BCUT2D eigenvalue weighted by Crippen LogP contribution is 2.22. The molecule has 5 nitrogen and oxygen atoms in total. The lowest BCUT2D eigenvalue weighted by Gasteiger charge is -2.35. The largest absolute Gasteiger partial charge is 0.389 e. The molecule has 1 heterocycles. The Balaban J connectivity index is 2.60. The van der Waals surface area contributed by atoms with E-state index in [1.165, 1.54) is 11.9 Å². The number of likely N-dealkylation sites (N-methyl/N-ethyl adjacent to an activating group) is 1. The molecular formula is C10H16F3N3O2. The molecule has 0 aromatic carbocycles. The Morgan fingerprint density at radius 1 is 1.44 bits per heavy atom. The van der Waals surface area contributed by atoms with E-state index in [0.717, 1.165) is 0 Å². The molecule has 0 bridgehead atoms. The molecule has 0 spiro atoms. The lowest BCUT2D eigenvalue weighted by atomic mass is 10.1. The number of hydrogen-bond acceptors (Lipinski definition) is 3. The average Bonchev–Trinajstić information content (AvgIpc) is 2.34. The van der Waals surface area contributed by atoms with Gasteiger partial charge in [-0.15, -0.1) is 0 Å². The third-order valence-electron chi connectivity index (χ3n) is 2.74. The van der Waals surface area contributed by atoms with Gasteiger partial charge in [0.25, 0.3) is 0 Å². The quantitative estimate of drug-likeness (QED) is 0.749. The zero-order valence-electron chi connectivity index (χ0n) is 10.0. The molecule has 8 heteroatoms. The molecule has 1 unspecified atom stereocenters. The molecule has 0 aliphatic carbocycles. The molecule has 1 aliphatic heterocycles. The van der Waals surface area contributed by atoms with Gasteiger partial charge in [-0.3, -0.25) is 9.59 Å². The van der Waals surface area contributed by atoms with Crippen LogP contribution in [0.1, 0.15) is 12.8 Å². The van der Waals surface area contributed by atoms with Crippen LogP contribution in [-0.2, 0) is 9.59 Å². The Kier molecular flexibility index (Phi) is 4.94. The van der Waals surface area contributed by atoms with E-state index < -0.39 is 31.0 Å². The molecule has 18 heavy (non-hydrogen) atoms. The van der Waals surface area contributed by atoms with Crippen LogP contribution in [0, 0.1) is 0 Å².